The molecular weight excluding hydrogens is 332 g/mol. The molecule has 24 heavy (non-hydrogen) atoms. The van der Waals surface area contributed by atoms with Gasteiger partial charge in [0.25, 0.3) is 5.69 Å². The maximum absolute atomic E-state index is 12.0. The largest absolute Gasteiger partial charge is 0.493 e. The fraction of sp³-hybridized carbons (Fsp3) is 0.118. The Morgan fingerprint density at radius 2 is 2.08 bits per heavy atom. The van der Waals surface area contributed by atoms with Crippen LogP contribution in [-0.2, 0) is 4.79 Å². The number of rotatable bonds is 6. The molecule has 0 aliphatic rings. The zero-order chi connectivity index (χ0) is 17.5. The van der Waals surface area contributed by atoms with Crippen LogP contribution < -0.4 is 10.1 Å². The minimum absolute atomic E-state index is 0.0131. The topological polar surface area (TPSA) is 81.5 Å². The number of nitro benzene ring substituents is 1. The van der Waals surface area contributed by atoms with Gasteiger partial charge in [-0.25, -0.2) is 0 Å². The van der Waals surface area contributed by atoms with Crippen LogP contribution in [-0.4, -0.2) is 17.4 Å². The van der Waals surface area contributed by atoms with Gasteiger partial charge in [0.2, 0.25) is 5.91 Å². The molecule has 0 saturated carbocycles. The molecule has 0 spiro atoms. The molecule has 2 aromatic carbocycles. The molecule has 2 rings (SSSR count). The average Bonchev–Trinajstić information content (AvgIpc) is 2.56. The molecule has 124 valence electrons. The number of benzene rings is 2. The van der Waals surface area contributed by atoms with E-state index in [4.69, 9.17) is 16.3 Å². The summed E-state index contributed by atoms with van der Waals surface area (Å²) in [5.74, 6) is 0.254. The van der Waals surface area contributed by atoms with Crippen LogP contribution in [0.2, 0.25) is 5.02 Å². The van der Waals surface area contributed by atoms with Crippen molar-refractivity contribution >= 4 is 35.0 Å². The van der Waals surface area contributed by atoms with Crippen molar-refractivity contribution in [2.75, 3.05) is 11.9 Å². The van der Waals surface area contributed by atoms with Gasteiger partial charge in [0.1, 0.15) is 10.8 Å². The number of ether oxygens (including phenoxy) is 1. The van der Waals surface area contributed by atoms with Gasteiger partial charge in [0.15, 0.2) is 0 Å². The fourth-order valence-corrected chi connectivity index (χ4v) is 2.17. The maximum atomic E-state index is 12.0. The first-order valence-corrected chi connectivity index (χ1v) is 7.54. The highest BCUT2D eigenvalue weighted by Crippen LogP contribution is 2.27. The van der Waals surface area contributed by atoms with E-state index in [1.807, 2.05) is 31.2 Å². The molecule has 1 amide bonds. The first-order chi connectivity index (χ1) is 11.5. The summed E-state index contributed by atoms with van der Waals surface area (Å²) in [6, 6.07) is 11.4. The number of nitrogens with zero attached hydrogens (tertiary/aromatic N) is 1. The van der Waals surface area contributed by atoms with Crippen molar-refractivity contribution in [3.05, 3.63) is 69.2 Å². The molecule has 0 radical (unpaired) electrons. The Kier molecular flexibility index (Phi) is 5.92. The van der Waals surface area contributed by atoms with Gasteiger partial charge in [-0.2, -0.15) is 0 Å². The second kappa shape index (κ2) is 8.12. The van der Waals surface area contributed by atoms with E-state index < -0.39 is 10.8 Å². The first kappa shape index (κ1) is 17.5. The second-order valence-corrected chi connectivity index (χ2v) is 5.12. The molecule has 2 aromatic rings. The molecule has 0 aromatic heterocycles. The van der Waals surface area contributed by atoms with Crippen molar-refractivity contribution in [2.45, 2.75) is 6.92 Å². The van der Waals surface area contributed by atoms with Gasteiger partial charge in [0.05, 0.1) is 11.5 Å². The fourth-order valence-electron chi connectivity index (χ4n) is 1.98. The van der Waals surface area contributed by atoms with E-state index in [1.54, 1.807) is 6.08 Å². The van der Waals surface area contributed by atoms with Crippen molar-refractivity contribution in [3.8, 4) is 5.75 Å². The van der Waals surface area contributed by atoms with Gasteiger partial charge in [-0.05, 0) is 31.2 Å². The number of hydrogen-bond donors (Lipinski definition) is 1. The van der Waals surface area contributed by atoms with Gasteiger partial charge in [-0.1, -0.05) is 29.8 Å². The molecule has 7 heteroatoms. The summed E-state index contributed by atoms with van der Waals surface area (Å²) >= 11 is 5.73. The molecule has 0 saturated heterocycles. The Morgan fingerprint density at radius 3 is 2.79 bits per heavy atom. The minimum atomic E-state index is -0.605. The summed E-state index contributed by atoms with van der Waals surface area (Å²) in [4.78, 5) is 22.2. The van der Waals surface area contributed by atoms with Crippen molar-refractivity contribution < 1.29 is 14.5 Å². The zero-order valence-electron chi connectivity index (χ0n) is 12.9. The third-order valence-electron chi connectivity index (χ3n) is 3.04. The summed E-state index contributed by atoms with van der Waals surface area (Å²) in [6.45, 7) is 2.39. The van der Waals surface area contributed by atoms with Crippen molar-refractivity contribution in [2.24, 2.45) is 0 Å². The van der Waals surface area contributed by atoms with Crippen LogP contribution in [0.25, 0.3) is 6.08 Å². The molecule has 1 N–H and O–H groups in total. The van der Waals surface area contributed by atoms with E-state index in [2.05, 4.69) is 5.32 Å². The molecule has 6 nitrogen and oxygen atoms in total. The van der Waals surface area contributed by atoms with Gasteiger partial charge in [-0.3, -0.25) is 14.9 Å². The molecule has 0 fully saturated rings. The molecular formula is C17H15ClN2O4. The van der Waals surface area contributed by atoms with Crippen LogP contribution in [0.4, 0.5) is 11.4 Å². The predicted octanol–water partition coefficient (Wildman–Crippen LogP) is 4.30. The molecule has 0 aliphatic carbocycles. The molecule has 0 atom stereocenters. The number of carbonyl (C=O) groups is 1. The summed E-state index contributed by atoms with van der Waals surface area (Å²) in [5, 5.41) is 13.4. The molecule has 0 bridgehead atoms. The highest BCUT2D eigenvalue weighted by molar-refractivity contribution is 6.32. The standard InChI is InChI=1S/C17H15ClN2O4/c1-2-24-16-6-4-3-5-12(16)7-10-17(21)19-13-8-9-14(18)15(11-13)20(22)23/h3-11H,2H2,1H3,(H,19,21)/b10-7+. The van der Waals surface area contributed by atoms with Gasteiger partial charge < -0.3 is 10.1 Å². The van der Waals surface area contributed by atoms with E-state index in [1.165, 1.54) is 24.3 Å². The summed E-state index contributed by atoms with van der Waals surface area (Å²) in [7, 11) is 0. The first-order valence-electron chi connectivity index (χ1n) is 7.16. The lowest BCUT2D eigenvalue weighted by atomic mass is 10.2. The zero-order valence-corrected chi connectivity index (χ0v) is 13.6. The van der Waals surface area contributed by atoms with Crippen LogP contribution in [0.15, 0.2) is 48.5 Å². The van der Waals surface area contributed by atoms with Crippen LogP contribution in [0.5, 0.6) is 5.75 Å². The van der Waals surface area contributed by atoms with E-state index in [0.29, 0.717) is 18.0 Å². The Morgan fingerprint density at radius 1 is 1.33 bits per heavy atom. The van der Waals surface area contributed by atoms with Gasteiger partial charge in [0, 0.05) is 23.4 Å². The number of para-hydroxylation sites is 1. The van der Waals surface area contributed by atoms with Crippen molar-refractivity contribution in [3.63, 3.8) is 0 Å². The number of nitro groups is 1. The number of nitrogens with one attached hydrogen (secondary N) is 1. The van der Waals surface area contributed by atoms with Crippen LogP contribution in [0, 0.1) is 10.1 Å². The van der Waals surface area contributed by atoms with Gasteiger partial charge >= 0.3 is 0 Å². The molecule has 0 unspecified atom stereocenters. The number of hydrogen-bond acceptors (Lipinski definition) is 4. The smallest absolute Gasteiger partial charge is 0.289 e. The van der Waals surface area contributed by atoms with Crippen LogP contribution >= 0.6 is 11.6 Å². The summed E-state index contributed by atoms with van der Waals surface area (Å²) < 4.78 is 5.47. The Labute approximate surface area is 143 Å². The number of carbonyl (C=O) groups excluding carboxylic acids is 1. The predicted molar refractivity (Wildman–Crippen MR) is 93.4 cm³/mol. The third-order valence-corrected chi connectivity index (χ3v) is 3.36. The monoisotopic (exact) mass is 346 g/mol. The average molecular weight is 347 g/mol. The lowest BCUT2D eigenvalue weighted by Crippen LogP contribution is -2.08. The maximum Gasteiger partial charge on any atom is 0.289 e. The highest BCUT2D eigenvalue weighted by atomic mass is 35.5. The van der Waals surface area contributed by atoms with E-state index in [-0.39, 0.29) is 10.7 Å². The van der Waals surface area contributed by atoms with Crippen LogP contribution in [0.3, 0.4) is 0 Å². The molecule has 0 aliphatic heterocycles. The summed E-state index contributed by atoms with van der Waals surface area (Å²) in [5.41, 5.74) is 0.788. The van der Waals surface area contributed by atoms with E-state index in [9.17, 15) is 14.9 Å². The van der Waals surface area contributed by atoms with Gasteiger partial charge in [-0.15, -0.1) is 0 Å². The summed E-state index contributed by atoms with van der Waals surface area (Å²) in [6.07, 6.45) is 2.95. The quantitative estimate of drug-likeness (QED) is 0.480. The normalized spacial score (nSPS) is 10.6. The van der Waals surface area contributed by atoms with E-state index >= 15 is 0 Å². The number of amides is 1. The molecule has 0 heterocycles. The van der Waals surface area contributed by atoms with Crippen LogP contribution in [0.1, 0.15) is 12.5 Å². The van der Waals surface area contributed by atoms with E-state index in [0.717, 1.165) is 5.56 Å². The second-order valence-electron chi connectivity index (χ2n) is 4.72. The van der Waals surface area contributed by atoms with Crippen molar-refractivity contribution in [1.29, 1.82) is 0 Å². The third kappa shape index (κ3) is 4.57. The lowest BCUT2D eigenvalue weighted by Gasteiger charge is -2.06. The SMILES string of the molecule is CCOc1ccccc1/C=C/C(=O)Nc1ccc(Cl)c([N+](=O)[O-])c1. The Balaban J connectivity index is 2.11. The highest BCUT2D eigenvalue weighted by Gasteiger charge is 2.13. The Bertz CT molecular complexity index is 790. The number of anilines is 1. The Hall–Kier alpha value is -2.86. The lowest BCUT2D eigenvalue weighted by molar-refractivity contribution is -0.384. The minimum Gasteiger partial charge on any atom is -0.493 e. The number of halogens is 1. The van der Waals surface area contributed by atoms with Crippen molar-refractivity contribution in [1.82, 2.24) is 0 Å².